The molecule has 98 valence electrons. The van der Waals surface area contributed by atoms with Crippen LogP contribution in [0.2, 0.25) is 0 Å². The van der Waals surface area contributed by atoms with Crippen LogP contribution in [-0.2, 0) is 9.53 Å². The van der Waals surface area contributed by atoms with E-state index < -0.39 is 5.54 Å². The number of ether oxygens (including phenoxy) is 1. The van der Waals surface area contributed by atoms with Gasteiger partial charge in [-0.05, 0) is 37.8 Å². The smallest absolute Gasteiger partial charge is 0.325 e. The molecular weight excluding hydrogens is 248 g/mol. The second-order valence-electron chi connectivity index (χ2n) is 4.67. The molecule has 1 heterocycles. The zero-order valence-electron chi connectivity index (χ0n) is 10.5. The highest BCUT2D eigenvalue weighted by Gasteiger charge is 2.40. The summed E-state index contributed by atoms with van der Waals surface area (Å²) in [5, 5.41) is 0.366. The predicted octanol–water partition coefficient (Wildman–Crippen LogP) is 1.99. The third-order valence-electron chi connectivity index (χ3n) is 3.29. The van der Waals surface area contributed by atoms with Gasteiger partial charge in [-0.15, -0.1) is 11.8 Å². The Morgan fingerprint density at radius 2 is 2.28 bits per heavy atom. The fraction of sp³-hybridized carbons (Fsp3) is 0.538. The number of esters is 1. The van der Waals surface area contributed by atoms with E-state index in [1.807, 2.05) is 12.1 Å². The third kappa shape index (κ3) is 3.03. The van der Waals surface area contributed by atoms with Gasteiger partial charge in [0.15, 0.2) is 0 Å². The molecule has 1 saturated carbocycles. The molecule has 18 heavy (non-hydrogen) atoms. The van der Waals surface area contributed by atoms with E-state index in [0.717, 1.165) is 12.8 Å². The molecule has 4 nitrogen and oxygen atoms in total. The molecule has 0 aromatic carbocycles. The van der Waals surface area contributed by atoms with Crippen molar-refractivity contribution in [2.45, 2.75) is 41.4 Å². The second kappa shape index (κ2) is 5.71. The second-order valence-corrected chi connectivity index (χ2v) is 6.04. The van der Waals surface area contributed by atoms with Gasteiger partial charge in [0, 0.05) is 22.5 Å². The minimum Gasteiger partial charge on any atom is -0.468 e. The maximum atomic E-state index is 11.7. The fourth-order valence-corrected chi connectivity index (χ4v) is 3.68. The molecule has 2 N–H and O–H groups in total. The maximum Gasteiger partial charge on any atom is 0.325 e. The number of nitrogens with two attached hydrogens (primary N) is 1. The normalized spacial score (nSPS) is 27.8. The highest BCUT2D eigenvalue weighted by molar-refractivity contribution is 8.00. The molecule has 5 heteroatoms. The highest BCUT2D eigenvalue weighted by Crippen LogP contribution is 2.37. The topological polar surface area (TPSA) is 65.2 Å². The van der Waals surface area contributed by atoms with Crippen LogP contribution in [0.1, 0.15) is 25.7 Å². The zero-order valence-corrected chi connectivity index (χ0v) is 11.3. The first-order valence-corrected chi connectivity index (χ1v) is 6.96. The molecule has 0 amide bonds. The maximum absolute atomic E-state index is 11.7. The van der Waals surface area contributed by atoms with Crippen LogP contribution < -0.4 is 5.73 Å². The van der Waals surface area contributed by atoms with Gasteiger partial charge in [-0.25, -0.2) is 0 Å². The largest absolute Gasteiger partial charge is 0.468 e. The Morgan fingerprint density at radius 3 is 2.94 bits per heavy atom. The minimum absolute atomic E-state index is 0.289. The van der Waals surface area contributed by atoms with E-state index in [1.165, 1.54) is 12.0 Å². The number of pyridine rings is 1. The van der Waals surface area contributed by atoms with Crippen molar-refractivity contribution >= 4 is 17.7 Å². The minimum atomic E-state index is -0.808. The molecule has 2 atom stereocenters. The molecule has 0 spiro atoms. The van der Waals surface area contributed by atoms with Gasteiger partial charge in [-0.1, -0.05) is 0 Å². The summed E-state index contributed by atoms with van der Waals surface area (Å²) in [6, 6.07) is 3.96. The van der Waals surface area contributed by atoms with Gasteiger partial charge in [0.2, 0.25) is 0 Å². The van der Waals surface area contributed by atoms with Crippen LogP contribution in [0, 0.1) is 0 Å². The lowest BCUT2D eigenvalue weighted by Crippen LogP contribution is -2.52. The fourth-order valence-electron chi connectivity index (χ4n) is 2.35. The molecule has 1 fully saturated rings. The van der Waals surface area contributed by atoms with Gasteiger partial charge in [0.05, 0.1) is 7.11 Å². The Morgan fingerprint density at radius 1 is 1.56 bits per heavy atom. The van der Waals surface area contributed by atoms with Crippen LogP contribution >= 0.6 is 11.8 Å². The molecule has 0 aliphatic heterocycles. The number of carbonyl (C=O) groups is 1. The quantitative estimate of drug-likeness (QED) is 0.848. The number of aromatic nitrogens is 1. The Kier molecular flexibility index (Phi) is 4.24. The van der Waals surface area contributed by atoms with Gasteiger partial charge < -0.3 is 10.5 Å². The zero-order chi connectivity index (χ0) is 13.0. The highest BCUT2D eigenvalue weighted by atomic mass is 32.2. The Bertz CT molecular complexity index is 413. The third-order valence-corrected chi connectivity index (χ3v) is 4.57. The van der Waals surface area contributed by atoms with Crippen molar-refractivity contribution < 1.29 is 9.53 Å². The van der Waals surface area contributed by atoms with Gasteiger partial charge in [-0.2, -0.15) is 0 Å². The molecule has 0 bridgehead atoms. The van der Waals surface area contributed by atoms with Crippen LogP contribution in [0.15, 0.2) is 29.4 Å². The van der Waals surface area contributed by atoms with E-state index in [0.29, 0.717) is 18.1 Å². The van der Waals surface area contributed by atoms with E-state index in [9.17, 15) is 4.79 Å². The molecule has 2 rings (SSSR count). The number of nitrogens with zero attached hydrogens (tertiary/aromatic N) is 1. The van der Waals surface area contributed by atoms with Crippen LogP contribution in [0.4, 0.5) is 0 Å². The first kappa shape index (κ1) is 13.4. The van der Waals surface area contributed by atoms with E-state index in [-0.39, 0.29) is 5.97 Å². The summed E-state index contributed by atoms with van der Waals surface area (Å²) in [5.41, 5.74) is 5.35. The summed E-state index contributed by atoms with van der Waals surface area (Å²) in [4.78, 5) is 16.9. The SMILES string of the molecule is COC(=O)C1(N)CCCC(Sc2ccncc2)C1. The van der Waals surface area contributed by atoms with Crippen molar-refractivity contribution in [3.8, 4) is 0 Å². The lowest BCUT2D eigenvalue weighted by atomic mass is 9.82. The van der Waals surface area contributed by atoms with Crippen molar-refractivity contribution in [1.29, 1.82) is 0 Å². The van der Waals surface area contributed by atoms with Gasteiger partial charge in [0.25, 0.3) is 0 Å². The predicted molar refractivity (Wildman–Crippen MR) is 71.3 cm³/mol. The number of thioether (sulfide) groups is 1. The number of hydrogen-bond acceptors (Lipinski definition) is 5. The lowest BCUT2D eigenvalue weighted by molar-refractivity contribution is -0.148. The monoisotopic (exact) mass is 266 g/mol. The number of methoxy groups -OCH3 is 1. The summed E-state index contributed by atoms with van der Waals surface area (Å²) in [5.74, 6) is -0.289. The van der Waals surface area contributed by atoms with E-state index in [2.05, 4.69) is 4.98 Å². The number of carbonyl (C=O) groups excluding carboxylic acids is 1. The van der Waals surface area contributed by atoms with Gasteiger partial charge >= 0.3 is 5.97 Å². The molecule has 0 saturated heterocycles. The summed E-state index contributed by atoms with van der Waals surface area (Å²) in [6.07, 6.45) is 7.00. The molecule has 1 aliphatic rings. The Labute approximate surface area is 111 Å². The molecule has 0 radical (unpaired) electrons. The van der Waals surface area contributed by atoms with Crippen molar-refractivity contribution in [2.24, 2.45) is 5.73 Å². The van der Waals surface area contributed by atoms with Crippen LogP contribution in [0.25, 0.3) is 0 Å². The molecular formula is C13H18N2O2S. The average Bonchev–Trinajstić information content (AvgIpc) is 2.39. The van der Waals surface area contributed by atoms with Crippen molar-refractivity contribution in [1.82, 2.24) is 4.98 Å². The molecule has 1 aromatic rings. The van der Waals surface area contributed by atoms with Gasteiger partial charge in [0.1, 0.15) is 5.54 Å². The van der Waals surface area contributed by atoms with Crippen LogP contribution in [-0.4, -0.2) is 28.9 Å². The summed E-state index contributed by atoms with van der Waals surface area (Å²) < 4.78 is 4.81. The van der Waals surface area contributed by atoms with Crippen molar-refractivity contribution in [2.75, 3.05) is 7.11 Å². The summed E-state index contributed by atoms with van der Waals surface area (Å²) >= 11 is 1.77. The van der Waals surface area contributed by atoms with E-state index in [1.54, 1.807) is 24.2 Å². The molecule has 2 unspecified atom stereocenters. The first-order valence-electron chi connectivity index (χ1n) is 6.08. The van der Waals surface area contributed by atoms with Crippen LogP contribution in [0.3, 0.4) is 0 Å². The van der Waals surface area contributed by atoms with Crippen molar-refractivity contribution in [3.05, 3.63) is 24.5 Å². The first-order chi connectivity index (χ1) is 8.64. The Balaban J connectivity index is 2.01. The van der Waals surface area contributed by atoms with Crippen molar-refractivity contribution in [3.63, 3.8) is 0 Å². The molecule has 1 aliphatic carbocycles. The summed E-state index contributed by atoms with van der Waals surface area (Å²) in [7, 11) is 1.40. The van der Waals surface area contributed by atoms with E-state index >= 15 is 0 Å². The number of hydrogen-bond donors (Lipinski definition) is 1. The van der Waals surface area contributed by atoms with E-state index in [4.69, 9.17) is 10.5 Å². The molecule has 1 aromatic heterocycles. The number of rotatable bonds is 3. The Hall–Kier alpha value is -1.07. The summed E-state index contributed by atoms with van der Waals surface area (Å²) in [6.45, 7) is 0. The van der Waals surface area contributed by atoms with Crippen LogP contribution in [0.5, 0.6) is 0 Å². The van der Waals surface area contributed by atoms with Gasteiger partial charge in [-0.3, -0.25) is 9.78 Å². The standard InChI is InChI=1S/C13H18N2O2S/c1-17-12(16)13(14)6-2-3-11(9-13)18-10-4-7-15-8-5-10/h4-5,7-8,11H,2-3,6,9,14H2,1H3. The average molecular weight is 266 g/mol. The lowest BCUT2D eigenvalue weighted by Gasteiger charge is -2.35.